The molecule has 0 aliphatic carbocycles. The van der Waals surface area contributed by atoms with Gasteiger partial charge in [-0.3, -0.25) is 4.79 Å². The molecule has 4 nitrogen and oxygen atoms in total. The lowest BCUT2D eigenvalue weighted by Gasteiger charge is -2.29. The van der Waals surface area contributed by atoms with Crippen molar-refractivity contribution in [3.63, 3.8) is 0 Å². The Kier molecular flexibility index (Phi) is 11.6. The normalized spacial score (nSPS) is 15.6. The molecule has 0 aromatic heterocycles. The molecule has 4 N–H and O–H groups in total. The van der Waals surface area contributed by atoms with Gasteiger partial charge in [0.1, 0.15) is 5.54 Å². The minimum absolute atomic E-state index is 0.320. The third-order valence-electron chi connectivity index (χ3n) is 4.24. The second-order valence-electron chi connectivity index (χ2n) is 6.23. The number of aliphatic carboxylic acids is 1. The predicted molar refractivity (Wildman–Crippen MR) is 87.3 cm³/mol. The van der Waals surface area contributed by atoms with Crippen molar-refractivity contribution in [2.45, 2.75) is 103 Å². The number of aliphatic hydroxyl groups is 1. The molecule has 0 heterocycles. The molecule has 0 aromatic carbocycles. The van der Waals surface area contributed by atoms with E-state index in [9.17, 15) is 15.0 Å². The lowest BCUT2D eigenvalue weighted by Crippen LogP contribution is -2.57. The average Bonchev–Trinajstić information content (AvgIpc) is 2.45. The highest BCUT2D eigenvalue weighted by Gasteiger charge is 2.40. The van der Waals surface area contributed by atoms with Gasteiger partial charge >= 0.3 is 5.97 Å². The number of hydrogen-bond acceptors (Lipinski definition) is 3. The molecule has 0 rings (SSSR count). The summed E-state index contributed by atoms with van der Waals surface area (Å²) < 4.78 is 0. The Hall–Kier alpha value is -0.610. The van der Waals surface area contributed by atoms with Crippen molar-refractivity contribution in [3.05, 3.63) is 0 Å². The van der Waals surface area contributed by atoms with Crippen LogP contribution >= 0.6 is 0 Å². The molecule has 2 atom stereocenters. The molecule has 0 saturated carbocycles. The quantitative estimate of drug-likeness (QED) is 0.425. The van der Waals surface area contributed by atoms with Crippen molar-refractivity contribution < 1.29 is 15.0 Å². The monoisotopic (exact) mass is 301 g/mol. The largest absolute Gasteiger partial charge is 0.480 e. The fourth-order valence-electron chi connectivity index (χ4n) is 2.74. The molecule has 21 heavy (non-hydrogen) atoms. The third-order valence-corrected chi connectivity index (χ3v) is 4.24. The smallest absolute Gasteiger partial charge is 0.326 e. The van der Waals surface area contributed by atoms with Crippen LogP contribution in [0.15, 0.2) is 0 Å². The Morgan fingerprint density at radius 1 is 0.952 bits per heavy atom. The van der Waals surface area contributed by atoms with Gasteiger partial charge in [-0.05, 0) is 12.8 Å². The molecule has 0 radical (unpaired) electrons. The van der Waals surface area contributed by atoms with Gasteiger partial charge in [-0.1, -0.05) is 78.1 Å². The number of nitrogens with two attached hydrogens (primary N) is 1. The van der Waals surface area contributed by atoms with Gasteiger partial charge in [0.15, 0.2) is 0 Å². The lowest BCUT2D eigenvalue weighted by atomic mass is 9.85. The Balaban J connectivity index is 3.73. The zero-order valence-corrected chi connectivity index (χ0v) is 13.9. The van der Waals surface area contributed by atoms with Crippen molar-refractivity contribution in [1.29, 1.82) is 0 Å². The summed E-state index contributed by atoms with van der Waals surface area (Å²) in [5, 5.41) is 19.3. The van der Waals surface area contributed by atoms with Gasteiger partial charge in [-0.2, -0.15) is 0 Å². The van der Waals surface area contributed by atoms with E-state index in [1.165, 1.54) is 38.5 Å². The van der Waals surface area contributed by atoms with Crippen LogP contribution in [0.2, 0.25) is 0 Å². The van der Waals surface area contributed by atoms with Gasteiger partial charge < -0.3 is 15.9 Å². The molecule has 0 aromatic rings. The maximum absolute atomic E-state index is 11.2. The van der Waals surface area contributed by atoms with Crippen LogP contribution < -0.4 is 5.73 Å². The van der Waals surface area contributed by atoms with Crippen LogP contribution in [-0.4, -0.2) is 27.8 Å². The maximum atomic E-state index is 11.2. The topological polar surface area (TPSA) is 83.5 Å². The Morgan fingerprint density at radius 2 is 1.43 bits per heavy atom. The highest BCUT2D eigenvalue weighted by Crippen LogP contribution is 2.20. The molecule has 0 aliphatic heterocycles. The summed E-state index contributed by atoms with van der Waals surface area (Å²) in [5.41, 5.74) is 4.38. The first-order valence-corrected chi connectivity index (χ1v) is 8.69. The zero-order chi connectivity index (χ0) is 16.1. The van der Waals surface area contributed by atoms with E-state index in [-0.39, 0.29) is 0 Å². The summed E-state index contributed by atoms with van der Waals surface area (Å²) >= 11 is 0. The summed E-state index contributed by atoms with van der Waals surface area (Å²) in [6, 6.07) is 0. The minimum atomic E-state index is -1.48. The van der Waals surface area contributed by atoms with E-state index in [1.807, 2.05) is 6.92 Å². The third kappa shape index (κ3) is 8.42. The van der Waals surface area contributed by atoms with Gasteiger partial charge in [0.2, 0.25) is 0 Å². The molecule has 0 spiro atoms. The van der Waals surface area contributed by atoms with E-state index in [4.69, 9.17) is 5.73 Å². The van der Waals surface area contributed by atoms with Crippen LogP contribution in [-0.2, 0) is 4.79 Å². The summed E-state index contributed by atoms with van der Waals surface area (Å²) in [5.74, 6) is -1.09. The number of aliphatic hydroxyl groups excluding tert-OH is 1. The summed E-state index contributed by atoms with van der Waals surface area (Å²) in [7, 11) is 0. The molecule has 0 fully saturated rings. The van der Waals surface area contributed by atoms with E-state index < -0.39 is 17.6 Å². The summed E-state index contributed by atoms with van der Waals surface area (Å²) in [4.78, 5) is 11.2. The molecular formula is C17H35NO3. The summed E-state index contributed by atoms with van der Waals surface area (Å²) in [6.45, 7) is 4.11. The first-order chi connectivity index (χ1) is 9.99. The van der Waals surface area contributed by atoms with Crippen molar-refractivity contribution in [2.24, 2.45) is 5.73 Å². The Labute approximate surface area is 130 Å². The van der Waals surface area contributed by atoms with Gasteiger partial charge in [0, 0.05) is 0 Å². The van der Waals surface area contributed by atoms with Crippen LogP contribution in [0.5, 0.6) is 0 Å². The zero-order valence-electron chi connectivity index (χ0n) is 13.9. The van der Waals surface area contributed by atoms with Crippen LogP contribution in [0.25, 0.3) is 0 Å². The molecule has 4 heteroatoms. The first kappa shape index (κ1) is 20.4. The molecular weight excluding hydrogens is 266 g/mol. The highest BCUT2D eigenvalue weighted by molar-refractivity contribution is 5.79. The van der Waals surface area contributed by atoms with Crippen LogP contribution in [0.4, 0.5) is 0 Å². The second-order valence-corrected chi connectivity index (χ2v) is 6.23. The van der Waals surface area contributed by atoms with Gasteiger partial charge in [-0.15, -0.1) is 0 Å². The van der Waals surface area contributed by atoms with Crippen LogP contribution in [0.3, 0.4) is 0 Å². The lowest BCUT2D eigenvalue weighted by molar-refractivity contribution is -0.148. The average molecular weight is 301 g/mol. The number of carboxylic acids is 1. The van der Waals surface area contributed by atoms with Crippen molar-refractivity contribution in [1.82, 2.24) is 0 Å². The molecule has 0 aliphatic rings. The summed E-state index contributed by atoms with van der Waals surface area (Å²) in [6.07, 6.45) is 11.4. The van der Waals surface area contributed by atoms with E-state index in [2.05, 4.69) is 6.92 Å². The van der Waals surface area contributed by atoms with E-state index in [0.717, 1.165) is 19.3 Å². The molecule has 126 valence electrons. The van der Waals surface area contributed by atoms with Gasteiger partial charge in [-0.25, -0.2) is 0 Å². The Morgan fingerprint density at radius 3 is 1.86 bits per heavy atom. The first-order valence-electron chi connectivity index (χ1n) is 8.69. The second kappa shape index (κ2) is 12.0. The number of carbonyl (C=O) groups is 1. The molecule has 0 bridgehead atoms. The van der Waals surface area contributed by atoms with Crippen molar-refractivity contribution in [3.8, 4) is 0 Å². The molecule has 0 amide bonds. The van der Waals surface area contributed by atoms with Gasteiger partial charge in [0.25, 0.3) is 0 Å². The van der Waals surface area contributed by atoms with E-state index >= 15 is 0 Å². The fraction of sp³-hybridized carbons (Fsp3) is 0.941. The molecule has 2 unspecified atom stereocenters. The van der Waals surface area contributed by atoms with Crippen molar-refractivity contribution in [2.75, 3.05) is 0 Å². The number of rotatable bonds is 14. The van der Waals surface area contributed by atoms with Gasteiger partial charge in [0.05, 0.1) is 6.10 Å². The van der Waals surface area contributed by atoms with E-state index in [0.29, 0.717) is 19.3 Å². The highest BCUT2D eigenvalue weighted by atomic mass is 16.4. The predicted octanol–water partition coefficient (Wildman–Crippen LogP) is 3.85. The standard InChI is InChI=1S/C17H35NO3/c1-3-5-6-7-8-9-10-11-12-13-15(19)17(18,14-4-2)16(20)21/h15,19H,3-14,18H2,1-2H3,(H,20,21). The van der Waals surface area contributed by atoms with E-state index in [1.54, 1.807) is 0 Å². The Bertz CT molecular complexity index is 271. The number of unbranched alkanes of at least 4 members (excludes halogenated alkanes) is 8. The van der Waals surface area contributed by atoms with Crippen LogP contribution in [0, 0.1) is 0 Å². The SMILES string of the molecule is CCCCCCCCCCCC(O)C(N)(CCC)C(=O)O. The van der Waals surface area contributed by atoms with Crippen LogP contribution in [0.1, 0.15) is 90.9 Å². The number of carboxylic acid groups (broad SMARTS) is 1. The molecule has 0 saturated heterocycles. The van der Waals surface area contributed by atoms with Crippen molar-refractivity contribution >= 4 is 5.97 Å². The minimum Gasteiger partial charge on any atom is -0.480 e. The fourth-order valence-corrected chi connectivity index (χ4v) is 2.74. The number of hydrogen-bond donors (Lipinski definition) is 3. The maximum Gasteiger partial charge on any atom is 0.326 e.